The first-order valence-corrected chi connectivity index (χ1v) is 3.41. The number of hydrogen-bond donors (Lipinski definition) is 0. The van der Waals surface area contributed by atoms with Crippen molar-refractivity contribution in [2.45, 2.75) is 13.0 Å². The molecule has 1 aromatic heterocycles. The van der Waals surface area contributed by atoms with E-state index in [1.807, 2.05) is 0 Å². The zero-order chi connectivity index (χ0) is 8.81. The maximum atomic E-state index is 9.84. The molecule has 0 aliphatic rings. The van der Waals surface area contributed by atoms with Crippen molar-refractivity contribution in [2.24, 2.45) is 0 Å². The van der Waals surface area contributed by atoms with Gasteiger partial charge in [-0.05, 0) is 12.5 Å². The van der Waals surface area contributed by atoms with Crippen LogP contribution in [0.5, 0.6) is 0 Å². The summed E-state index contributed by atoms with van der Waals surface area (Å²) < 4.78 is 1.62. The van der Waals surface area contributed by atoms with Crippen LogP contribution < -0.4 is 0 Å². The highest BCUT2D eigenvalue weighted by molar-refractivity contribution is 4.72. The molecular weight excluding hydrogens is 160 g/mol. The first-order chi connectivity index (χ1) is 5.79. The van der Waals surface area contributed by atoms with Crippen molar-refractivity contribution >= 4 is 0 Å². The summed E-state index contributed by atoms with van der Waals surface area (Å²) in [6, 6.07) is 0. The van der Waals surface area contributed by atoms with Gasteiger partial charge in [0.2, 0.25) is 6.20 Å². The van der Waals surface area contributed by atoms with Crippen molar-refractivity contribution in [2.75, 3.05) is 0 Å². The first-order valence-electron chi connectivity index (χ1n) is 3.41. The Morgan fingerprint density at radius 1 is 1.67 bits per heavy atom. The maximum Gasteiger partial charge on any atom is 0.230 e. The van der Waals surface area contributed by atoms with Gasteiger partial charge in [0.25, 0.3) is 0 Å². The number of aryl methyl sites for hydroxylation is 1. The Morgan fingerprint density at radius 2 is 2.50 bits per heavy atom. The molecular formula is C6H8N4O2. The lowest BCUT2D eigenvalue weighted by Gasteiger charge is -1.92. The summed E-state index contributed by atoms with van der Waals surface area (Å²) in [5.41, 5.74) is 0. The minimum absolute atomic E-state index is 0.485. The van der Waals surface area contributed by atoms with Crippen LogP contribution in [0.4, 0.5) is 0 Å². The van der Waals surface area contributed by atoms with Crippen LogP contribution in [-0.2, 0) is 6.54 Å². The van der Waals surface area contributed by atoms with Crippen molar-refractivity contribution < 1.29 is 4.92 Å². The Labute approximate surface area is 68.7 Å². The molecule has 12 heavy (non-hydrogen) atoms. The van der Waals surface area contributed by atoms with E-state index in [2.05, 4.69) is 10.1 Å². The molecule has 0 aromatic carbocycles. The van der Waals surface area contributed by atoms with Crippen molar-refractivity contribution in [3.63, 3.8) is 0 Å². The standard InChI is InChI=1S/C6H8N4O2/c11-10(12)4-2-1-3-9-6-7-5-8-9/h2,4-6H,1,3H2/b4-2+. The van der Waals surface area contributed by atoms with Gasteiger partial charge in [-0.3, -0.25) is 14.8 Å². The molecule has 0 unspecified atom stereocenters. The smallest absolute Gasteiger partial charge is 0.230 e. The van der Waals surface area contributed by atoms with Gasteiger partial charge >= 0.3 is 0 Å². The molecule has 0 spiro atoms. The third-order valence-corrected chi connectivity index (χ3v) is 1.22. The van der Waals surface area contributed by atoms with Gasteiger partial charge in [-0.1, -0.05) is 0 Å². The SMILES string of the molecule is O=[N+]([O-])/C=C/CCn1cncn1. The molecule has 0 aliphatic heterocycles. The number of nitrogens with zero attached hydrogens (tertiary/aromatic N) is 4. The monoisotopic (exact) mass is 168 g/mol. The Morgan fingerprint density at radius 3 is 3.08 bits per heavy atom. The van der Waals surface area contributed by atoms with Crippen molar-refractivity contribution in [3.8, 4) is 0 Å². The Hall–Kier alpha value is -1.72. The molecule has 1 aromatic rings. The molecule has 0 amide bonds. The van der Waals surface area contributed by atoms with Crippen LogP contribution in [0.25, 0.3) is 0 Å². The zero-order valence-electron chi connectivity index (χ0n) is 6.33. The number of aromatic nitrogens is 3. The fourth-order valence-corrected chi connectivity index (χ4v) is 0.716. The van der Waals surface area contributed by atoms with Gasteiger partial charge in [-0.15, -0.1) is 0 Å². The third-order valence-electron chi connectivity index (χ3n) is 1.22. The van der Waals surface area contributed by atoms with Crippen LogP contribution in [0.3, 0.4) is 0 Å². The topological polar surface area (TPSA) is 73.8 Å². The molecule has 6 nitrogen and oxygen atoms in total. The van der Waals surface area contributed by atoms with E-state index in [1.165, 1.54) is 12.4 Å². The second-order valence-electron chi connectivity index (χ2n) is 2.12. The van der Waals surface area contributed by atoms with E-state index in [4.69, 9.17) is 0 Å². The Bertz CT molecular complexity index is 267. The lowest BCUT2D eigenvalue weighted by molar-refractivity contribution is -0.402. The lowest BCUT2D eigenvalue weighted by atomic mass is 10.4. The minimum atomic E-state index is -0.485. The summed E-state index contributed by atoms with van der Waals surface area (Å²) >= 11 is 0. The number of allylic oxidation sites excluding steroid dienone is 1. The molecule has 0 bridgehead atoms. The molecule has 64 valence electrons. The molecule has 0 fully saturated rings. The predicted molar refractivity (Wildman–Crippen MR) is 40.8 cm³/mol. The number of nitro groups is 1. The molecule has 0 atom stereocenters. The van der Waals surface area contributed by atoms with Gasteiger partial charge in [0.1, 0.15) is 12.7 Å². The third kappa shape index (κ3) is 2.91. The van der Waals surface area contributed by atoms with Gasteiger partial charge in [0.15, 0.2) is 0 Å². The van der Waals surface area contributed by atoms with E-state index in [-0.39, 0.29) is 0 Å². The van der Waals surface area contributed by atoms with Crippen LogP contribution in [-0.4, -0.2) is 19.7 Å². The van der Waals surface area contributed by atoms with Crippen LogP contribution in [0.1, 0.15) is 6.42 Å². The average molecular weight is 168 g/mol. The highest BCUT2D eigenvalue weighted by atomic mass is 16.6. The van der Waals surface area contributed by atoms with Gasteiger partial charge in [0.05, 0.1) is 4.92 Å². The summed E-state index contributed by atoms with van der Waals surface area (Å²) in [6.07, 6.45) is 6.00. The lowest BCUT2D eigenvalue weighted by Crippen LogP contribution is -1.96. The van der Waals surface area contributed by atoms with Gasteiger partial charge in [-0.25, -0.2) is 4.98 Å². The molecule has 0 N–H and O–H groups in total. The van der Waals surface area contributed by atoms with Crippen molar-refractivity contribution in [1.29, 1.82) is 0 Å². The highest BCUT2D eigenvalue weighted by Crippen LogP contribution is 1.88. The predicted octanol–water partition coefficient (Wildman–Crippen LogP) is 0.459. The molecule has 0 aliphatic carbocycles. The fourth-order valence-electron chi connectivity index (χ4n) is 0.716. The molecule has 0 saturated heterocycles. The van der Waals surface area contributed by atoms with E-state index in [0.29, 0.717) is 13.0 Å². The zero-order valence-corrected chi connectivity index (χ0v) is 6.33. The van der Waals surface area contributed by atoms with E-state index >= 15 is 0 Å². The second-order valence-corrected chi connectivity index (χ2v) is 2.12. The van der Waals surface area contributed by atoms with E-state index in [1.54, 1.807) is 11.0 Å². The molecule has 1 heterocycles. The molecule has 0 saturated carbocycles. The van der Waals surface area contributed by atoms with Gasteiger partial charge < -0.3 is 0 Å². The highest BCUT2D eigenvalue weighted by Gasteiger charge is 1.89. The summed E-state index contributed by atoms with van der Waals surface area (Å²) in [4.78, 5) is 13.1. The normalized spacial score (nSPS) is 10.7. The summed E-state index contributed by atoms with van der Waals surface area (Å²) in [5, 5.41) is 13.7. The van der Waals surface area contributed by atoms with E-state index in [0.717, 1.165) is 6.20 Å². The number of hydrogen-bond acceptors (Lipinski definition) is 4. The fraction of sp³-hybridized carbons (Fsp3) is 0.333. The molecule has 1 rings (SSSR count). The first kappa shape index (κ1) is 8.38. The molecule has 6 heteroatoms. The largest absolute Gasteiger partial charge is 0.259 e. The maximum absolute atomic E-state index is 9.84. The Kier molecular flexibility index (Phi) is 2.95. The van der Waals surface area contributed by atoms with Gasteiger partial charge in [-0.2, -0.15) is 5.10 Å². The summed E-state index contributed by atoms with van der Waals surface area (Å²) in [6.45, 7) is 0.615. The van der Waals surface area contributed by atoms with Crippen LogP contribution in [0.2, 0.25) is 0 Å². The van der Waals surface area contributed by atoms with E-state index in [9.17, 15) is 10.1 Å². The van der Waals surface area contributed by atoms with Gasteiger partial charge in [0, 0.05) is 6.54 Å². The van der Waals surface area contributed by atoms with Crippen molar-refractivity contribution in [1.82, 2.24) is 14.8 Å². The van der Waals surface area contributed by atoms with Crippen LogP contribution in [0, 0.1) is 10.1 Å². The second kappa shape index (κ2) is 4.22. The van der Waals surface area contributed by atoms with Crippen molar-refractivity contribution in [3.05, 3.63) is 35.0 Å². The van der Waals surface area contributed by atoms with E-state index < -0.39 is 4.92 Å². The minimum Gasteiger partial charge on any atom is -0.259 e. The summed E-state index contributed by atoms with van der Waals surface area (Å²) in [5.74, 6) is 0. The summed E-state index contributed by atoms with van der Waals surface area (Å²) in [7, 11) is 0. The molecule has 0 radical (unpaired) electrons. The Balaban J connectivity index is 2.23. The number of rotatable bonds is 4. The quantitative estimate of drug-likeness (QED) is 0.483. The average Bonchev–Trinajstić information content (AvgIpc) is 2.49. The van der Waals surface area contributed by atoms with Crippen LogP contribution in [0.15, 0.2) is 24.9 Å². The van der Waals surface area contributed by atoms with Crippen LogP contribution >= 0.6 is 0 Å².